The zero-order valence-electron chi connectivity index (χ0n) is 10.3. The molecular formula is C13H17O3P. The molecule has 0 aliphatic heterocycles. The summed E-state index contributed by atoms with van der Waals surface area (Å²) in [5.41, 5.74) is 0.638. The smallest absolute Gasteiger partial charge is 0.311 e. The van der Waals surface area contributed by atoms with Gasteiger partial charge in [-0.25, -0.2) is 0 Å². The summed E-state index contributed by atoms with van der Waals surface area (Å²) >= 11 is 0. The van der Waals surface area contributed by atoms with E-state index in [4.69, 9.17) is 4.52 Å². The SMILES string of the molecule is CPOC(=O)C(C)C(C)C(=O)c1ccccc1. The maximum atomic E-state index is 12.1. The Labute approximate surface area is 103 Å². The van der Waals surface area contributed by atoms with Crippen molar-refractivity contribution < 1.29 is 14.1 Å². The third-order valence-corrected chi connectivity index (χ3v) is 3.20. The Morgan fingerprint density at radius 3 is 2.24 bits per heavy atom. The summed E-state index contributed by atoms with van der Waals surface area (Å²) in [7, 11) is 0.123. The largest absolute Gasteiger partial charge is 0.448 e. The fourth-order valence-electron chi connectivity index (χ4n) is 1.49. The Hall–Kier alpha value is -1.21. The van der Waals surface area contributed by atoms with E-state index in [2.05, 4.69) is 0 Å². The molecule has 4 heteroatoms. The van der Waals surface area contributed by atoms with Crippen LogP contribution in [0.4, 0.5) is 0 Å². The fourth-order valence-corrected chi connectivity index (χ4v) is 1.88. The predicted molar refractivity (Wildman–Crippen MR) is 69.4 cm³/mol. The van der Waals surface area contributed by atoms with Crippen LogP contribution in [0, 0.1) is 11.8 Å². The summed E-state index contributed by atoms with van der Waals surface area (Å²) < 4.78 is 4.95. The van der Waals surface area contributed by atoms with Crippen molar-refractivity contribution in [1.29, 1.82) is 0 Å². The molecule has 0 spiro atoms. The number of Topliss-reactive ketones (excluding diaryl/α,β-unsaturated/α-hetero) is 1. The molecule has 0 radical (unpaired) electrons. The second kappa shape index (κ2) is 6.51. The minimum Gasteiger partial charge on any atom is -0.448 e. The van der Waals surface area contributed by atoms with Gasteiger partial charge in [-0.1, -0.05) is 44.2 Å². The van der Waals surface area contributed by atoms with Crippen molar-refractivity contribution in [3.8, 4) is 0 Å². The van der Waals surface area contributed by atoms with E-state index in [1.54, 1.807) is 32.6 Å². The van der Waals surface area contributed by atoms with E-state index in [-0.39, 0.29) is 26.5 Å². The number of benzene rings is 1. The molecule has 3 nitrogen and oxygen atoms in total. The highest BCUT2D eigenvalue weighted by atomic mass is 31.1. The third kappa shape index (κ3) is 3.64. The average molecular weight is 252 g/mol. The van der Waals surface area contributed by atoms with E-state index in [0.29, 0.717) is 5.56 Å². The van der Waals surface area contributed by atoms with Gasteiger partial charge in [0.15, 0.2) is 5.78 Å². The first-order valence-corrected chi connectivity index (χ1v) is 6.95. The number of hydrogen-bond acceptors (Lipinski definition) is 3. The first-order chi connectivity index (χ1) is 8.07. The number of carbonyl (C=O) groups is 2. The van der Waals surface area contributed by atoms with Crippen molar-refractivity contribution in [3.63, 3.8) is 0 Å². The monoisotopic (exact) mass is 252 g/mol. The van der Waals surface area contributed by atoms with Crippen LogP contribution in [-0.4, -0.2) is 18.4 Å². The second-order valence-electron chi connectivity index (χ2n) is 3.93. The van der Waals surface area contributed by atoms with Gasteiger partial charge in [0.05, 0.1) is 14.7 Å². The van der Waals surface area contributed by atoms with Crippen molar-refractivity contribution in [1.82, 2.24) is 0 Å². The standard InChI is InChI=1S/C13H17O3P/c1-9(10(2)13(15)16-17-3)12(14)11-7-5-4-6-8-11/h4-10,17H,1-3H3. The molecule has 0 fully saturated rings. The zero-order chi connectivity index (χ0) is 12.8. The van der Waals surface area contributed by atoms with Crippen molar-refractivity contribution >= 4 is 20.6 Å². The molecule has 92 valence electrons. The summed E-state index contributed by atoms with van der Waals surface area (Å²) in [6.45, 7) is 5.28. The predicted octanol–water partition coefficient (Wildman–Crippen LogP) is 2.91. The van der Waals surface area contributed by atoms with Crippen LogP contribution in [0.15, 0.2) is 30.3 Å². The average Bonchev–Trinajstić information content (AvgIpc) is 2.37. The lowest BCUT2D eigenvalue weighted by Crippen LogP contribution is -2.26. The molecule has 1 rings (SSSR count). The van der Waals surface area contributed by atoms with Crippen LogP contribution < -0.4 is 0 Å². The summed E-state index contributed by atoms with van der Waals surface area (Å²) in [6, 6.07) is 9.01. The van der Waals surface area contributed by atoms with Crippen LogP contribution in [0.1, 0.15) is 24.2 Å². The minimum atomic E-state index is -0.407. The molecule has 3 unspecified atom stereocenters. The van der Waals surface area contributed by atoms with Gasteiger partial charge in [0.2, 0.25) is 0 Å². The maximum Gasteiger partial charge on any atom is 0.311 e. The molecule has 1 aromatic rings. The van der Waals surface area contributed by atoms with Crippen LogP contribution in [0.25, 0.3) is 0 Å². The molecule has 3 atom stereocenters. The molecule has 0 aliphatic carbocycles. The lowest BCUT2D eigenvalue weighted by Gasteiger charge is -2.17. The van der Waals surface area contributed by atoms with E-state index < -0.39 is 5.92 Å². The van der Waals surface area contributed by atoms with Gasteiger partial charge in [-0.2, -0.15) is 0 Å². The molecule has 0 bridgehead atoms. The molecule has 0 heterocycles. The molecule has 0 saturated carbocycles. The van der Waals surface area contributed by atoms with Gasteiger partial charge in [-0.3, -0.25) is 9.59 Å². The molecule has 0 aliphatic rings. The second-order valence-corrected chi connectivity index (χ2v) is 4.55. The summed E-state index contributed by atoms with van der Waals surface area (Å²) in [5, 5.41) is 0. The molecular weight excluding hydrogens is 235 g/mol. The lowest BCUT2D eigenvalue weighted by molar-refractivity contribution is -0.138. The van der Waals surface area contributed by atoms with E-state index in [1.165, 1.54) is 0 Å². The molecule has 0 saturated heterocycles. The van der Waals surface area contributed by atoms with Crippen LogP contribution in [0.2, 0.25) is 0 Å². The first-order valence-electron chi connectivity index (χ1n) is 5.54. The van der Waals surface area contributed by atoms with Gasteiger partial charge in [0.1, 0.15) is 0 Å². The van der Waals surface area contributed by atoms with Crippen LogP contribution in [0.3, 0.4) is 0 Å². The Morgan fingerprint density at radius 1 is 1.12 bits per heavy atom. The quantitative estimate of drug-likeness (QED) is 0.597. The Balaban J connectivity index is 2.73. The number of rotatable bonds is 5. The minimum absolute atomic E-state index is 0.0190. The number of ketones is 1. The Bertz CT molecular complexity index is 389. The van der Waals surface area contributed by atoms with Crippen molar-refractivity contribution in [2.24, 2.45) is 11.8 Å². The number of hydrogen-bond donors (Lipinski definition) is 0. The van der Waals surface area contributed by atoms with Gasteiger partial charge >= 0.3 is 5.97 Å². The van der Waals surface area contributed by atoms with Gasteiger partial charge < -0.3 is 4.52 Å². The van der Waals surface area contributed by atoms with Crippen LogP contribution in [-0.2, 0) is 9.32 Å². The maximum absolute atomic E-state index is 12.1. The normalized spacial score (nSPS) is 14.5. The molecule has 0 N–H and O–H groups in total. The van der Waals surface area contributed by atoms with Crippen LogP contribution in [0.5, 0.6) is 0 Å². The van der Waals surface area contributed by atoms with Crippen molar-refractivity contribution in [2.45, 2.75) is 13.8 Å². The number of carbonyl (C=O) groups excluding carboxylic acids is 2. The zero-order valence-corrected chi connectivity index (χ0v) is 11.3. The highest BCUT2D eigenvalue weighted by Gasteiger charge is 2.27. The highest BCUT2D eigenvalue weighted by molar-refractivity contribution is 7.31. The lowest BCUT2D eigenvalue weighted by atomic mass is 9.88. The molecule has 0 amide bonds. The van der Waals surface area contributed by atoms with Gasteiger partial charge in [0.25, 0.3) is 0 Å². The van der Waals surface area contributed by atoms with Crippen molar-refractivity contribution in [2.75, 3.05) is 6.66 Å². The topological polar surface area (TPSA) is 43.4 Å². The van der Waals surface area contributed by atoms with Gasteiger partial charge in [-0.05, 0) is 6.66 Å². The van der Waals surface area contributed by atoms with Gasteiger partial charge in [-0.15, -0.1) is 0 Å². The molecule has 1 aromatic carbocycles. The third-order valence-electron chi connectivity index (χ3n) is 2.80. The van der Waals surface area contributed by atoms with E-state index in [9.17, 15) is 9.59 Å². The molecule has 0 aromatic heterocycles. The Kier molecular flexibility index (Phi) is 5.30. The Morgan fingerprint density at radius 2 is 1.71 bits per heavy atom. The van der Waals surface area contributed by atoms with Gasteiger partial charge in [0, 0.05) is 11.5 Å². The van der Waals surface area contributed by atoms with E-state index in [1.807, 2.05) is 18.2 Å². The summed E-state index contributed by atoms with van der Waals surface area (Å²) in [4.78, 5) is 23.6. The van der Waals surface area contributed by atoms with Crippen molar-refractivity contribution in [3.05, 3.63) is 35.9 Å². The first kappa shape index (κ1) is 13.9. The fraction of sp³-hybridized carbons (Fsp3) is 0.385. The van der Waals surface area contributed by atoms with E-state index in [0.717, 1.165) is 0 Å². The summed E-state index contributed by atoms with van der Waals surface area (Å²) in [6.07, 6.45) is 0. The summed E-state index contributed by atoms with van der Waals surface area (Å²) in [5.74, 6) is -1.09. The molecule has 17 heavy (non-hydrogen) atoms. The van der Waals surface area contributed by atoms with Crippen LogP contribution >= 0.6 is 8.81 Å². The highest BCUT2D eigenvalue weighted by Crippen LogP contribution is 2.21. The van der Waals surface area contributed by atoms with E-state index >= 15 is 0 Å².